The number of hydrogen-bond acceptors (Lipinski definition) is 3. The van der Waals surface area contributed by atoms with Crippen molar-refractivity contribution >= 4 is 33.2 Å². The summed E-state index contributed by atoms with van der Waals surface area (Å²) in [6, 6.07) is 15.6. The number of hydrogen-bond donors (Lipinski definition) is 1. The van der Waals surface area contributed by atoms with Crippen LogP contribution in [0.5, 0.6) is 0 Å². The highest BCUT2D eigenvalue weighted by Crippen LogP contribution is 2.38. The summed E-state index contributed by atoms with van der Waals surface area (Å²) >= 11 is 5.74. The summed E-state index contributed by atoms with van der Waals surface area (Å²) in [5.74, 6) is -0.659. The lowest BCUT2D eigenvalue weighted by Gasteiger charge is -2.26. The van der Waals surface area contributed by atoms with Crippen molar-refractivity contribution in [2.75, 3.05) is 10.8 Å². The minimum atomic E-state index is -4.81. The molecular formula is C27H26ClF3N2O3S. The van der Waals surface area contributed by atoms with Gasteiger partial charge in [-0.3, -0.25) is 9.10 Å². The molecule has 3 aromatic carbocycles. The molecule has 0 aromatic heterocycles. The van der Waals surface area contributed by atoms with Gasteiger partial charge < -0.3 is 5.32 Å². The van der Waals surface area contributed by atoms with E-state index in [-0.39, 0.29) is 10.6 Å². The zero-order chi connectivity index (χ0) is 26.8. The number of amides is 1. The molecule has 0 aliphatic heterocycles. The second-order valence-corrected chi connectivity index (χ2v) is 11.3. The first-order valence-electron chi connectivity index (χ1n) is 11.8. The highest BCUT2D eigenvalue weighted by molar-refractivity contribution is 7.92. The Kier molecular flexibility index (Phi) is 7.85. The molecule has 0 saturated carbocycles. The second kappa shape index (κ2) is 10.8. The summed E-state index contributed by atoms with van der Waals surface area (Å²) in [4.78, 5) is 12.9. The predicted octanol–water partition coefficient (Wildman–Crippen LogP) is 6.31. The van der Waals surface area contributed by atoms with E-state index in [9.17, 15) is 26.4 Å². The first-order chi connectivity index (χ1) is 17.5. The third-order valence-electron chi connectivity index (χ3n) is 6.41. The maximum absolute atomic E-state index is 13.5. The van der Waals surface area contributed by atoms with Gasteiger partial charge in [0.05, 0.1) is 27.2 Å². The van der Waals surface area contributed by atoms with E-state index in [0.717, 1.165) is 43.4 Å². The Balaban J connectivity index is 1.64. The van der Waals surface area contributed by atoms with E-state index in [1.807, 2.05) is 18.2 Å². The van der Waals surface area contributed by atoms with E-state index in [1.165, 1.54) is 35.4 Å². The monoisotopic (exact) mass is 550 g/mol. The number of benzene rings is 3. The van der Waals surface area contributed by atoms with Crippen LogP contribution in [0.1, 0.15) is 48.1 Å². The molecule has 5 nitrogen and oxygen atoms in total. The molecule has 0 fully saturated rings. The van der Waals surface area contributed by atoms with Gasteiger partial charge in [0.25, 0.3) is 10.0 Å². The number of alkyl halides is 3. The molecule has 0 spiro atoms. The lowest BCUT2D eigenvalue weighted by molar-refractivity contribution is -0.137. The molecule has 1 amide bonds. The Labute approximate surface area is 219 Å². The van der Waals surface area contributed by atoms with Crippen LogP contribution >= 0.6 is 11.6 Å². The molecule has 1 aliphatic carbocycles. The number of halogens is 4. The number of sulfonamides is 1. The number of carbonyl (C=O) groups is 1. The number of aryl methyl sites for hydroxylation is 2. The van der Waals surface area contributed by atoms with Crippen LogP contribution in [0.2, 0.25) is 5.02 Å². The highest BCUT2D eigenvalue weighted by Gasteiger charge is 2.35. The van der Waals surface area contributed by atoms with E-state index >= 15 is 0 Å². The Morgan fingerprint density at radius 3 is 2.35 bits per heavy atom. The van der Waals surface area contributed by atoms with Crippen molar-refractivity contribution in [2.45, 2.75) is 49.7 Å². The van der Waals surface area contributed by atoms with Gasteiger partial charge in [-0.15, -0.1) is 0 Å². The molecule has 37 heavy (non-hydrogen) atoms. The van der Waals surface area contributed by atoms with Crippen molar-refractivity contribution in [1.82, 2.24) is 5.32 Å². The van der Waals surface area contributed by atoms with E-state index in [1.54, 1.807) is 13.0 Å². The van der Waals surface area contributed by atoms with Crippen LogP contribution in [-0.2, 0) is 33.8 Å². The number of nitrogens with zero attached hydrogens (tertiary/aromatic N) is 1. The highest BCUT2D eigenvalue weighted by atomic mass is 35.5. The number of rotatable bonds is 7. The topological polar surface area (TPSA) is 66.5 Å². The normalized spacial score (nSPS) is 14.5. The Hall–Kier alpha value is -3.04. The van der Waals surface area contributed by atoms with Gasteiger partial charge in [-0.25, -0.2) is 8.42 Å². The first-order valence-corrected chi connectivity index (χ1v) is 13.6. The fourth-order valence-corrected chi connectivity index (χ4v) is 6.10. The molecular weight excluding hydrogens is 525 g/mol. The van der Waals surface area contributed by atoms with Crippen molar-refractivity contribution in [3.63, 3.8) is 0 Å². The third-order valence-corrected chi connectivity index (χ3v) is 8.53. The second-order valence-electron chi connectivity index (χ2n) is 9.01. The summed E-state index contributed by atoms with van der Waals surface area (Å²) in [7, 11) is -4.37. The molecule has 0 bridgehead atoms. The van der Waals surface area contributed by atoms with E-state index < -0.39 is 45.3 Å². The summed E-state index contributed by atoms with van der Waals surface area (Å²) < 4.78 is 68.2. The van der Waals surface area contributed by atoms with Crippen LogP contribution in [-0.4, -0.2) is 20.9 Å². The fourth-order valence-electron chi connectivity index (χ4n) is 4.44. The average molecular weight is 551 g/mol. The van der Waals surface area contributed by atoms with Gasteiger partial charge in [-0.05, 0) is 79.6 Å². The van der Waals surface area contributed by atoms with Crippen LogP contribution in [0.4, 0.5) is 18.9 Å². The molecule has 1 N–H and O–H groups in total. The molecule has 0 unspecified atom stereocenters. The largest absolute Gasteiger partial charge is 0.417 e. The summed E-state index contributed by atoms with van der Waals surface area (Å²) in [5.41, 5.74) is 1.88. The molecule has 3 aromatic rings. The van der Waals surface area contributed by atoms with Gasteiger partial charge >= 0.3 is 6.18 Å². The van der Waals surface area contributed by atoms with Crippen LogP contribution in [0.3, 0.4) is 0 Å². The third kappa shape index (κ3) is 6.10. The molecule has 0 saturated heterocycles. The smallest absolute Gasteiger partial charge is 0.348 e. The van der Waals surface area contributed by atoms with Crippen molar-refractivity contribution in [3.05, 3.63) is 94.0 Å². The van der Waals surface area contributed by atoms with Gasteiger partial charge in [-0.1, -0.05) is 48.0 Å². The Bertz CT molecular complexity index is 1400. The van der Waals surface area contributed by atoms with Crippen molar-refractivity contribution in [1.29, 1.82) is 0 Å². The number of carbonyl (C=O) groups excluding carboxylic acids is 1. The zero-order valence-corrected chi connectivity index (χ0v) is 21.6. The Morgan fingerprint density at radius 1 is 1.00 bits per heavy atom. The molecule has 0 radical (unpaired) electrons. The van der Waals surface area contributed by atoms with Gasteiger partial charge in [0, 0.05) is 0 Å². The van der Waals surface area contributed by atoms with Crippen molar-refractivity contribution < 1.29 is 26.4 Å². The van der Waals surface area contributed by atoms with Gasteiger partial charge in [0.15, 0.2) is 0 Å². The van der Waals surface area contributed by atoms with E-state index in [4.69, 9.17) is 11.6 Å². The quantitative estimate of drug-likeness (QED) is 0.375. The van der Waals surface area contributed by atoms with Crippen LogP contribution in [0, 0.1) is 0 Å². The number of fused-ring (bicyclic) bond motifs is 1. The molecule has 4 rings (SSSR count). The maximum Gasteiger partial charge on any atom is 0.417 e. The van der Waals surface area contributed by atoms with Crippen LogP contribution in [0.15, 0.2) is 71.6 Å². The SMILES string of the molecule is C[C@H](NC(=O)CN(c1ccc(Cl)c(C(F)(F)F)c1)S(=O)(=O)c1ccccc1)c1ccc2c(c1)CCCC2. The van der Waals surface area contributed by atoms with Gasteiger partial charge in [0.1, 0.15) is 6.54 Å². The molecule has 196 valence electrons. The molecule has 1 aliphatic rings. The van der Waals surface area contributed by atoms with Gasteiger partial charge in [0.2, 0.25) is 5.91 Å². The fraction of sp³-hybridized carbons (Fsp3) is 0.296. The standard InChI is InChI=1S/C27H26ClF3N2O3S/c1-18(20-12-11-19-7-5-6-8-21(19)15-20)32-26(34)17-33(37(35,36)23-9-3-2-4-10-23)22-13-14-25(28)24(16-22)27(29,30)31/h2-4,9-16,18H,5-8,17H2,1H3,(H,32,34)/t18-/m0/s1. The number of nitrogens with one attached hydrogen (secondary N) is 1. The summed E-state index contributed by atoms with van der Waals surface area (Å²) in [6.07, 6.45) is -0.581. The van der Waals surface area contributed by atoms with Crippen LogP contribution in [0.25, 0.3) is 0 Å². The van der Waals surface area contributed by atoms with E-state index in [0.29, 0.717) is 10.4 Å². The number of anilines is 1. The molecule has 10 heteroatoms. The minimum Gasteiger partial charge on any atom is -0.348 e. The van der Waals surface area contributed by atoms with Crippen LogP contribution < -0.4 is 9.62 Å². The zero-order valence-electron chi connectivity index (χ0n) is 20.1. The summed E-state index contributed by atoms with van der Waals surface area (Å²) in [6.45, 7) is 1.06. The average Bonchev–Trinajstić information content (AvgIpc) is 2.87. The summed E-state index contributed by atoms with van der Waals surface area (Å²) in [5, 5.41) is 2.22. The van der Waals surface area contributed by atoms with E-state index in [2.05, 4.69) is 5.32 Å². The Morgan fingerprint density at radius 2 is 1.68 bits per heavy atom. The lowest BCUT2D eigenvalue weighted by Crippen LogP contribution is -2.41. The predicted molar refractivity (Wildman–Crippen MR) is 137 cm³/mol. The maximum atomic E-state index is 13.5. The van der Waals surface area contributed by atoms with Crippen molar-refractivity contribution in [3.8, 4) is 0 Å². The minimum absolute atomic E-state index is 0.158. The molecule has 0 heterocycles. The van der Waals surface area contributed by atoms with Gasteiger partial charge in [-0.2, -0.15) is 13.2 Å². The lowest BCUT2D eigenvalue weighted by atomic mass is 9.89. The molecule has 1 atom stereocenters. The first kappa shape index (κ1) is 27.0. The van der Waals surface area contributed by atoms with Crippen molar-refractivity contribution in [2.24, 2.45) is 0 Å².